The van der Waals surface area contributed by atoms with Crippen molar-refractivity contribution in [1.29, 1.82) is 0 Å². The molecule has 1 unspecified atom stereocenters. The summed E-state index contributed by atoms with van der Waals surface area (Å²) in [6, 6.07) is 11.1. The fourth-order valence-corrected chi connectivity index (χ4v) is 4.24. The Labute approximate surface area is 161 Å². The molecule has 0 saturated heterocycles. The van der Waals surface area contributed by atoms with Crippen LogP contribution in [0.5, 0.6) is 0 Å². The van der Waals surface area contributed by atoms with Gasteiger partial charge < -0.3 is 9.80 Å². The Morgan fingerprint density at radius 1 is 1.22 bits per heavy atom. The maximum Gasteiger partial charge on any atom is 0.245 e. The molecule has 2 aromatic rings. The molecule has 1 atom stereocenters. The van der Waals surface area contributed by atoms with Crippen molar-refractivity contribution in [2.24, 2.45) is 5.10 Å². The van der Waals surface area contributed by atoms with Crippen molar-refractivity contribution >= 4 is 23.7 Å². The van der Waals surface area contributed by atoms with E-state index in [2.05, 4.69) is 39.3 Å². The zero-order valence-electron chi connectivity index (χ0n) is 16.2. The molecule has 1 aliphatic heterocycles. The minimum atomic E-state index is 0.501. The van der Waals surface area contributed by atoms with E-state index in [4.69, 9.17) is 4.98 Å². The van der Waals surface area contributed by atoms with E-state index in [1.807, 2.05) is 36.5 Å². The van der Waals surface area contributed by atoms with Gasteiger partial charge in [0.25, 0.3) is 0 Å². The third kappa shape index (κ3) is 3.75. The monoisotopic (exact) mass is 364 g/mol. The van der Waals surface area contributed by atoms with Crippen molar-refractivity contribution in [3.05, 3.63) is 42.1 Å². The van der Waals surface area contributed by atoms with Gasteiger partial charge in [-0.25, -0.2) is 10.4 Å². The zero-order chi connectivity index (χ0) is 18.6. The van der Waals surface area contributed by atoms with E-state index in [-0.39, 0.29) is 0 Å². The van der Waals surface area contributed by atoms with E-state index in [1.54, 1.807) is 6.21 Å². The summed E-state index contributed by atoms with van der Waals surface area (Å²) in [5, 5.41) is 4.31. The molecule has 4 rings (SSSR count). The van der Waals surface area contributed by atoms with Crippen LogP contribution in [0.1, 0.15) is 44.6 Å². The van der Waals surface area contributed by atoms with Gasteiger partial charge in [0.1, 0.15) is 0 Å². The minimum Gasteiger partial charge on any atom is -0.368 e. The van der Waals surface area contributed by atoms with Gasteiger partial charge in [-0.3, -0.25) is 0 Å². The highest BCUT2D eigenvalue weighted by molar-refractivity contribution is 5.80. The predicted octanol–water partition coefficient (Wildman–Crippen LogP) is 3.90. The molecule has 0 amide bonds. The normalized spacial score (nSPS) is 20.3. The van der Waals surface area contributed by atoms with Crippen LogP contribution in [0.2, 0.25) is 0 Å². The molecule has 2 aliphatic rings. The van der Waals surface area contributed by atoms with Crippen molar-refractivity contribution in [2.75, 3.05) is 28.8 Å². The number of aromatic nitrogens is 2. The topological polar surface area (TPSA) is 56.7 Å². The van der Waals surface area contributed by atoms with Gasteiger partial charge in [0.2, 0.25) is 5.95 Å². The molecule has 1 aliphatic carbocycles. The largest absolute Gasteiger partial charge is 0.368 e. The van der Waals surface area contributed by atoms with Crippen LogP contribution in [-0.4, -0.2) is 41.9 Å². The number of nitrogens with one attached hydrogen (secondary N) is 1. The van der Waals surface area contributed by atoms with Gasteiger partial charge in [0.15, 0.2) is 5.82 Å². The van der Waals surface area contributed by atoms with Crippen LogP contribution >= 0.6 is 0 Å². The molecule has 1 aromatic heterocycles. The van der Waals surface area contributed by atoms with Gasteiger partial charge in [0, 0.05) is 25.7 Å². The van der Waals surface area contributed by atoms with Crippen LogP contribution < -0.4 is 15.2 Å². The highest BCUT2D eigenvalue weighted by atomic mass is 15.4. The standard InChI is InChI=1S/C21H28N6/c1-3-17-15-26(2)19-14-22-21(25-23-13-16-9-5-4-6-10-16)24-20(19)27(17)18-11-7-8-12-18/h4-6,9-10,13-14,17-18H,3,7-8,11-12,15H2,1-2H3,(H,22,24,25)/b23-13+. The number of nitrogens with zero attached hydrogens (tertiary/aromatic N) is 5. The van der Waals surface area contributed by atoms with E-state index >= 15 is 0 Å². The van der Waals surface area contributed by atoms with Crippen molar-refractivity contribution in [1.82, 2.24) is 9.97 Å². The number of fused-ring (bicyclic) bond motifs is 1. The van der Waals surface area contributed by atoms with E-state index in [1.165, 1.54) is 25.7 Å². The molecule has 142 valence electrons. The molecule has 1 saturated carbocycles. The Bertz CT molecular complexity index is 785. The first kappa shape index (κ1) is 17.8. The van der Waals surface area contributed by atoms with Crippen LogP contribution in [0.3, 0.4) is 0 Å². The number of hydrogen-bond acceptors (Lipinski definition) is 6. The number of benzene rings is 1. The second kappa shape index (κ2) is 7.94. The third-order valence-electron chi connectivity index (χ3n) is 5.65. The number of likely N-dealkylation sites (N-methyl/N-ethyl adjacent to an activating group) is 1. The summed E-state index contributed by atoms with van der Waals surface area (Å²) in [7, 11) is 2.14. The molecule has 0 bridgehead atoms. The first-order valence-corrected chi connectivity index (χ1v) is 9.97. The average molecular weight is 364 g/mol. The van der Waals surface area contributed by atoms with E-state index in [0.29, 0.717) is 18.0 Å². The van der Waals surface area contributed by atoms with Gasteiger partial charge in [-0.2, -0.15) is 10.1 Å². The molecule has 1 fully saturated rings. The average Bonchev–Trinajstić information content (AvgIpc) is 3.23. The maximum atomic E-state index is 4.87. The lowest BCUT2D eigenvalue weighted by molar-refractivity contribution is 0.476. The van der Waals surface area contributed by atoms with E-state index < -0.39 is 0 Å². The van der Waals surface area contributed by atoms with E-state index in [0.717, 1.165) is 30.0 Å². The zero-order valence-corrected chi connectivity index (χ0v) is 16.2. The van der Waals surface area contributed by atoms with Gasteiger partial charge in [0.05, 0.1) is 18.1 Å². The highest BCUT2D eigenvalue weighted by Gasteiger charge is 2.35. The number of hydrogen-bond donors (Lipinski definition) is 1. The molecule has 1 N–H and O–H groups in total. The van der Waals surface area contributed by atoms with Crippen molar-refractivity contribution in [3.8, 4) is 0 Å². The van der Waals surface area contributed by atoms with Crippen LogP contribution in [-0.2, 0) is 0 Å². The van der Waals surface area contributed by atoms with Gasteiger partial charge in [-0.15, -0.1) is 0 Å². The summed E-state index contributed by atoms with van der Waals surface area (Å²) in [5.41, 5.74) is 5.16. The molecular formula is C21H28N6. The summed E-state index contributed by atoms with van der Waals surface area (Å²) in [6.07, 6.45) is 10.0. The van der Waals surface area contributed by atoms with Crippen LogP contribution in [0, 0.1) is 0 Å². The fourth-order valence-electron chi connectivity index (χ4n) is 4.24. The molecule has 6 heteroatoms. The Balaban J connectivity index is 1.59. The highest BCUT2D eigenvalue weighted by Crippen LogP contribution is 2.39. The Morgan fingerprint density at radius 2 is 2.00 bits per heavy atom. The summed E-state index contributed by atoms with van der Waals surface area (Å²) < 4.78 is 0. The van der Waals surface area contributed by atoms with Crippen molar-refractivity contribution in [3.63, 3.8) is 0 Å². The SMILES string of the molecule is CCC1CN(C)c2cnc(N/N=C/c3ccccc3)nc2N1C1CCCC1. The summed E-state index contributed by atoms with van der Waals surface area (Å²) in [4.78, 5) is 14.2. The lowest BCUT2D eigenvalue weighted by atomic mass is 10.0. The quantitative estimate of drug-likeness (QED) is 0.644. The van der Waals surface area contributed by atoms with Crippen molar-refractivity contribution in [2.45, 2.75) is 51.1 Å². The summed E-state index contributed by atoms with van der Waals surface area (Å²) in [6.45, 7) is 3.30. The smallest absolute Gasteiger partial charge is 0.245 e. The van der Waals surface area contributed by atoms with Crippen LogP contribution in [0.25, 0.3) is 0 Å². The lowest BCUT2D eigenvalue weighted by Gasteiger charge is -2.45. The van der Waals surface area contributed by atoms with Gasteiger partial charge in [-0.1, -0.05) is 50.1 Å². The Kier molecular flexibility index (Phi) is 5.23. The second-order valence-corrected chi connectivity index (χ2v) is 7.47. The van der Waals surface area contributed by atoms with Gasteiger partial charge in [-0.05, 0) is 24.8 Å². The first-order chi connectivity index (χ1) is 13.3. The first-order valence-electron chi connectivity index (χ1n) is 9.97. The maximum absolute atomic E-state index is 4.87. The fraction of sp³-hybridized carbons (Fsp3) is 0.476. The molecular weight excluding hydrogens is 336 g/mol. The van der Waals surface area contributed by atoms with Gasteiger partial charge >= 0.3 is 0 Å². The Hall–Kier alpha value is -2.63. The summed E-state index contributed by atoms with van der Waals surface area (Å²) in [5.74, 6) is 1.60. The molecule has 0 spiro atoms. The molecule has 1 aromatic carbocycles. The third-order valence-corrected chi connectivity index (χ3v) is 5.65. The predicted molar refractivity (Wildman–Crippen MR) is 112 cm³/mol. The number of anilines is 3. The van der Waals surface area contributed by atoms with Crippen molar-refractivity contribution < 1.29 is 0 Å². The molecule has 6 nitrogen and oxygen atoms in total. The minimum absolute atomic E-state index is 0.501. The number of hydrazone groups is 1. The lowest BCUT2D eigenvalue weighted by Crippen LogP contribution is -2.52. The molecule has 0 radical (unpaired) electrons. The second-order valence-electron chi connectivity index (χ2n) is 7.47. The molecule has 2 heterocycles. The van der Waals surface area contributed by atoms with E-state index in [9.17, 15) is 0 Å². The van der Waals surface area contributed by atoms with Crippen LogP contribution in [0.15, 0.2) is 41.6 Å². The summed E-state index contributed by atoms with van der Waals surface area (Å²) >= 11 is 0. The Morgan fingerprint density at radius 3 is 2.74 bits per heavy atom. The van der Waals surface area contributed by atoms with Crippen LogP contribution in [0.4, 0.5) is 17.5 Å². The molecule has 27 heavy (non-hydrogen) atoms. The number of rotatable bonds is 5.